The van der Waals surface area contributed by atoms with E-state index in [0.717, 1.165) is 11.1 Å². The first-order valence-electron chi connectivity index (χ1n) is 7.33. The number of anilines is 1. The van der Waals surface area contributed by atoms with Gasteiger partial charge in [-0.2, -0.15) is 9.97 Å². The summed E-state index contributed by atoms with van der Waals surface area (Å²) in [4.78, 5) is 20.7. The molecule has 0 atom stereocenters. The number of hydrogen-bond acceptors (Lipinski definition) is 4. The Kier molecular flexibility index (Phi) is 5.09. The summed E-state index contributed by atoms with van der Waals surface area (Å²) >= 11 is 0. The maximum Gasteiger partial charge on any atom is 0.316 e. The lowest BCUT2D eigenvalue weighted by Crippen LogP contribution is -2.17. The molecule has 0 fully saturated rings. The van der Waals surface area contributed by atoms with Crippen molar-refractivity contribution in [3.8, 4) is 6.01 Å². The number of aromatic nitrogens is 2. The average Bonchev–Trinajstić information content (AvgIpc) is 2.43. The average molecular weight is 299 g/mol. The fraction of sp³-hybridized carbons (Fsp3) is 0.353. The molecule has 0 saturated carbocycles. The molecule has 1 aromatic heterocycles. The predicted molar refractivity (Wildman–Crippen MR) is 86.2 cm³/mol. The van der Waals surface area contributed by atoms with Gasteiger partial charge in [-0.25, -0.2) is 0 Å². The third-order valence-electron chi connectivity index (χ3n) is 3.24. The van der Waals surface area contributed by atoms with E-state index < -0.39 is 0 Å². The van der Waals surface area contributed by atoms with Crippen LogP contribution in [0.5, 0.6) is 6.01 Å². The number of hydrogen-bond donors (Lipinski definition) is 1. The quantitative estimate of drug-likeness (QED) is 0.922. The Morgan fingerprint density at radius 3 is 2.45 bits per heavy atom. The van der Waals surface area contributed by atoms with Gasteiger partial charge in [0.05, 0.1) is 30.1 Å². The van der Waals surface area contributed by atoms with Gasteiger partial charge in [0.15, 0.2) is 0 Å². The van der Waals surface area contributed by atoms with Crippen LogP contribution in [0.4, 0.5) is 5.69 Å². The van der Waals surface area contributed by atoms with Crippen LogP contribution in [-0.4, -0.2) is 22.5 Å². The Bertz CT molecular complexity index is 660. The lowest BCUT2D eigenvalue weighted by atomic mass is 10.1. The van der Waals surface area contributed by atoms with Gasteiger partial charge in [-0.05, 0) is 33.3 Å². The maximum atomic E-state index is 12.2. The SMILES string of the molecule is CCOc1nc(C)c(NC(=O)Cc2cccc(C)c2)c(C)n1. The number of benzene rings is 1. The van der Waals surface area contributed by atoms with E-state index in [-0.39, 0.29) is 5.91 Å². The Balaban J connectivity index is 2.11. The van der Waals surface area contributed by atoms with Crippen molar-refractivity contribution in [1.29, 1.82) is 0 Å². The Morgan fingerprint density at radius 1 is 1.18 bits per heavy atom. The van der Waals surface area contributed by atoms with Gasteiger partial charge in [0.2, 0.25) is 5.91 Å². The molecule has 0 unspecified atom stereocenters. The summed E-state index contributed by atoms with van der Waals surface area (Å²) in [5, 5.41) is 2.90. The highest BCUT2D eigenvalue weighted by atomic mass is 16.5. The number of ether oxygens (including phenoxy) is 1. The highest BCUT2D eigenvalue weighted by Gasteiger charge is 2.12. The smallest absolute Gasteiger partial charge is 0.316 e. The van der Waals surface area contributed by atoms with Crippen LogP contribution in [0.1, 0.15) is 29.4 Å². The fourth-order valence-corrected chi connectivity index (χ4v) is 2.25. The Morgan fingerprint density at radius 2 is 1.86 bits per heavy atom. The zero-order valence-corrected chi connectivity index (χ0v) is 13.4. The van der Waals surface area contributed by atoms with Crippen molar-refractivity contribution in [2.24, 2.45) is 0 Å². The summed E-state index contributed by atoms with van der Waals surface area (Å²) in [6, 6.07) is 8.26. The lowest BCUT2D eigenvalue weighted by molar-refractivity contribution is -0.115. The van der Waals surface area contributed by atoms with Gasteiger partial charge in [0.1, 0.15) is 0 Å². The first-order chi connectivity index (χ1) is 10.5. The molecule has 5 nitrogen and oxygen atoms in total. The lowest BCUT2D eigenvalue weighted by Gasteiger charge is -2.12. The van der Waals surface area contributed by atoms with Crippen molar-refractivity contribution in [1.82, 2.24) is 9.97 Å². The van der Waals surface area contributed by atoms with Crippen LogP contribution < -0.4 is 10.1 Å². The number of carbonyl (C=O) groups is 1. The third-order valence-corrected chi connectivity index (χ3v) is 3.24. The van der Waals surface area contributed by atoms with E-state index in [1.807, 2.05) is 52.0 Å². The molecule has 0 saturated heterocycles. The molecule has 22 heavy (non-hydrogen) atoms. The summed E-state index contributed by atoms with van der Waals surface area (Å²) in [7, 11) is 0. The van der Waals surface area contributed by atoms with Crippen LogP contribution in [0, 0.1) is 20.8 Å². The van der Waals surface area contributed by atoms with E-state index >= 15 is 0 Å². The predicted octanol–water partition coefficient (Wildman–Crippen LogP) is 2.98. The fourth-order valence-electron chi connectivity index (χ4n) is 2.25. The van der Waals surface area contributed by atoms with Crippen LogP contribution in [0.15, 0.2) is 24.3 Å². The molecule has 1 aromatic carbocycles. The number of nitrogens with zero attached hydrogens (tertiary/aromatic N) is 2. The van der Waals surface area contributed by atoms with E-state index in [9.17, 15) is 4.79 Å². The number of aryl methyl sites for hydroxylation is 3. The summed E-state index contributed by atoms with van der Waals surface area (Å²) in [5.41, 5.74) is 4.19. The number of rotatable bonds is 5. The van der Waals surface area contributed by atoms with Gasteiger partial charge < -0.3 is 10.1 Å². The highest BCUT2D eigenvalue weighted by molar-refractivity contribution is 5.93. The minimum atomic E-state index is -0.0791. The second kappa shape index (κ2) is 7.02. The van der Waals surface area contributed by atoms with Crippen LogP contribution >= 0.6 is 0 Å². The van der Waals surface area contributed by atoms with Crippen molar-refractivity contribution >= 4 is 11.6 Å². The molecule has 0 radical (unpaired) electrons. The first-order valence-corrected chi connectivity index (χ1v) is 7.33. The van der Waals surface area contributed by atoms with Crippen molar-refractivity contribution in [2.45, 2.75) is 34.1 Å². The van der Waals surface area contributed by atoms with E-state index in [0.29, 0.717) is 36.1 Å². The van der Waals surface area contributed by atoms with E-state index in [1.165, 1.54) is 0 Å². The zero-order chi connectivity index (χ0) is 16.1. The number of amides is 1. The van der Waals surface area contributed by atoms with Crippen LogP contribution in [-0.2, 0) is 11.2 Å². The van der Waals surface area contributed by atoms with Gasteiger partial charge in [-0.3, -0.25) is 4.79 Å². The van der Waals surface area contributed by atoms with Gasteiger partial charge in [-0.1, -0.05) is 29.8 Å². The molecule has 5 heteroatoms. The Hall–Kier alpha value is -2.43. The first kappa shape index (κ1) is 15.9. The largest absolute Gasteiger partial charge is 0.464 e. The number of carbonyl (C=O) groups excluding carboxylic acids is 1. The molecule has 0 aliphatic heterocycles. The van der Waals surface area contributed by atoms with E-state index in [2.05, 4.69) is 15.3 Å². The normalized spacial score (nSPS) is 10.4. The standard InChI is InChI=1S/C17H21N3O2/c1-5-22-17-18-12(3)16(13(4)19-17)20-15(21)10-14-8-6-7-11(2)9-14/h6-9H,5,10H2,1-4H3,(H,20,21). The molecule has 0 aliphatic carbocycles. The molecule has 116 valence electrons. The maximum absolute atomic E-state index is 12.2. The van der Waals surface area contributed by atoms with Gasteiger partial charge >= 0.3 is 6.01 Å². The molecule has 0 spiro atoms. The van der Waals surface area contributed by atoms with Crippen LogP contribution in [0.3, 0.4) is 0 Å². The van der Waals surface area contributed by atoms with Crippen molar-refractivity contribution < 1.29 is 9.53 Å². The summed E-state index contributed by atoms with van der Waals surface area (Å²) < 4.78 is 5.30. The monoisotopic (exact) mass is 299 g/mol. The molecular formula is C17H21N3O2. The second-order valence-electron chi connectivity index (χ2n) is 5.20. The highest BCUT2D eigenvalue weighted by Crippen LogP contribution is 2.20. The van der Waals surface area contributed by atoms with E-state index in [4.69, 9.17) is 4.74 Å². The van der Waals surface area contributed by atoms with Gasteiger partial charge in [0, 0.05) is 0 Å². The summed E-state index contributed by atoms with van der Waals surface area (Å²) in [6.45, 7) is 8.07. The zero-order valence-electron chi connectivity index (χ0n) is 13.4. The van der Waals surface area contributed by atoms with Crippen molar-refractivity contribution in [3.63, 3.8) is 0 Å². The second-order valence-corrected chi connectivity index (χ2v) is 5.20. The topological polar surface area (TPSA) is 64.1 Å². The molecule has 2 rings (SSSR count). The minimum Gasteiger partial charge on any atom is -0.464 e. The third kappa shape index (κ3) is 4.04. The number of nitrogens with one attached hydrogen (secondary N) is 1. The van der Waals surface area contributed by atoms with Crippen molar-refractivity contribution in [2.75, 3.05) is 11.9 Å². The van der Waals surface area contributed by atoms with Gasteiger partial charge in [-0.15, -0.1) is 0 Å². The molecule has 1 heterocycles. The summed E-state index contributed by atoms with van der Waals surface area (Å²) in [6.07, 6.45) is 0.327. The minimum absolute atomic E-state index is 0.0791. The summed E-state index contributed by atoms with van der Waals surface area (Å²) in [5.74, 6) is -0.0791. The van der Waals surface area contributed by atoms with Gasteiger partial charge in [0.25, 0.3) is 0 Å². The molecule has 1 amide bonds. The van der Waals surface area contributed by atoms with Crippen LogP contribution in [0.2, 0.25) is 0 Å². The molecule has 0 aliphatic rings. The molecule has 1 N–H and O–H groups in total. The Labute approximate surface area is 130 Å². The van der Waals surface area contributed by atoms with Crippen molar-refractivity contribution in [3.05, 3.63) is 46.8 Å². The molecule has 2 aromatic rings. The van der Waals surface area contributed by atoms with E-state index in [1.54, 1.807) is 0 Å². The van der Waals surface area contributed by atoms with Crippen LogP contribution in [0.25, 0.3) is 0 Å². The molecule has 0 bridgehead atoms. The molecular weight excluding hydrogens is 278 g/mol.